The van der Waals surface area contributed by atoms with Crippen LogP contribution in [-0.4, -0.2) is 18.9 Å². The summed E-state index contributed by atoms with van der Waals surface area (Å²) >= 11 is 0. The minimum Gasteiger partial charge on any atom is -0.364 e. The summed E-state index contributed by atoms with van der Waals surface area (Å²) in [6.07, 6.45) is 1.74. The Labute approximate surface area is 97.3 Å². The summed E-state index contributed by atoms with van der Waals surface area (Å²) in [6, 6.07) is 8.43. The molecule has 0 N–H and O–H groups in total. The number of para-hydroxylation sites is 1. The fourth-order valence-corrected chi connectivity index (χ4v) is 2.31. The molecule has 0 atom stereocenters. The van der Waals surface area contributed by atoms with Gasteiger partial charge in [-0.25, -0.2) is 0 Å². The second kappa shape index (κ2) is 4.69. The molecule has 1 aliphatic rings. The maximum Gasteiger partial charge on any atom is 0.152 e. The lowest BCUT2D eigenvalue weighted by molar-refractivity contribution is -0.118. The van der Waals surface area contributed by atoms with Crippen LogP contribution in [0.3, 0.4) is 0 Å². The van der Waals surface area contributed by atoms with Crippen LogP contribution in [0.15, 0.2) is 24.3 Å². The maximum atomic E-state index is 11.5. The quantitative estimate of drug-likeness (QED) is 0.759. The molecule has 86 valence electrons. The number of hydrogen-bond acceptors (Lipinski definition) is 2. The molecule has 0 bridgehead atoms. The van der Waals surface area contributed by atoms with Crippen LogP contribution in [0.25, 0.3) is 0 Å². The average Bonchev–Trinajstić information content (AvgIpc) is 2.29. The molecule has 1 fully saturated rings. The molecule has 0 aromatic heterocycles. The number of carbonyl (C=O) groups is 1. The first-order valence-corrected chi connectivity index (χ1v) is 6.04. The van der Waals surface area contributed by atoms with Gasteiger partial charge in [0.05, 0.1) is 6.54 Å². The lowest BCUT2D eigenvalue weighted by atomic mass is 9.99. The van der Waals surface area contributed by atoms with Crippen molar-refractivity contribution in [3.8, 4) is 0 Å². The first kappa shape index (κ1) is 11.2. The number of nitrogens with zero attached hydrogens (tertiary/aromatic N) is 1. The Kier molecular flexibility index (Phi) is 3.28. The summed E-state index contributed by atoms with van der Waals surface area (Å²) in [5.41, 5.74) is 2.59. The van der Waals surface area contributed by atoms with Crippen molar-refractivity contribution in [1.82, 2.24) is 0 Å². The number of piperidine rings is 1. The van der Waals surface area contributed by atoms with E-state index in [4.69, 9.17) is 0 Å². The molecule has 0 unspecified atom stereocenters. The molecule has 2 rings (SSSR count). The average molecular weight is 217 g/mol. The fourth-order valence-electron chi connectivity index (χ4n) is 2.31. The Hall–Kier alpha value is -1.31. The summed E-state index contributed by atoms with van der Waals surface area (Å²) < 4.78 is 0. The molecular weight excluding hydrogens is 198 g/mol. The van der Waals surface area contributed by atoms with Gasteiger partial charge in [0.1, 0.15) is 0 Å². The molecule has 0 amide bonds. The zero-order chi connectivity index (χ0) is 11.5. The van der Waals surface area contributed by atoms with Gasteiger partial charge in [-0.05, 0) is 24.0 Å². The highest BCUT2D eigenvalue weighted by atomic mass is 16.1. The molecule has 0 saturated carbocycles. The maximum absolute atomic E-state index is 11.5. The zero-order valence-electron chi connectivity index (χ0n) is 10.1. The van der Waals surface area contributed by atoms with Crippen molar-refractivity contribution < 1.29 is 4.79 Å². The van der Waals surface area contributed by atoms with E-state index >= 15 is 0 Å². The first-order valence-electron chi connectivity index (χ1n) is 6.04. The third-order valence-corrected chi connectivity index (χ3v) is 3.15. The molecule has 2 heteroatoms. The van der Waals surface area contributed by atoms with Gasteiger partial charge in [-0.15, -0.1) is 0 Å². The number of carbonyl (C=O) groups excluding carboxylic acids is 1. The van der Waals surface area contributed by atoms with E-state index in [9.17, 15) is 4.79 Å². The van der Waals surface area contributed by atoms with Gasteiger partial charge in [0.15, 0.2) is 5.78 Å². The number of anilines is 1. The van der Waals surface area contributed by atoms with Crippen LogP contribution in [0.5, 0.6) is 0 Å². The number of benzene rings is 1. The van der Waals surface area contributed by atoms with Gasteiger partial charge < -0.3 is 4.90 Å². The number of hydrogen-bond donors (Lipinski definition) is 0. The second-order valence-electron chi connectivity index (χ2n) is 4.78. The third-order valence-electron chi connectivity index (χ3n) is 3.15. The smallest absolute Gasteiger partial charge is 0.152 e. The van der Waals surface area contributed by atoms with Crippen LogP contribution >= 0.6 is 0 Å². The Morgan fingerprint density at radius 3 is 2.69 bits per heavy atom. The number of rotatable bonds is 2. The third kappa shape index (κ3) is 2.26. The van der Waals surface area contributed by atoms with Gasteiger partial charge in [0.2, 0.25) is 0 Å². The van der Waals surface area contributed by atoms with E-state index in [2.05, 4.69) is 43.0 Å². The molecule has 0 spiro atoms. The Morgan fingerprint density at radius 1 is 1.25 bits per heavy atom. The van der Waals surface area contributed by atoms with E-state index in [1.165, 1.54) is 11.3 Å². The summed E-state index contributed by atoms with van der Waals surface area (Å²) in [4.78, 5) is 13.7. The number of Topliss-reactive ketones (excluding diaryl/α,β-unsaturated/α-hetero) is 1. The minimum absolute atomic E-state index is 0.366. The predicted molar refractivity (Wildman–Crippen MR) is 67.0 cm³/mol. The van der Waals surface area contributed by atoms with E-state index in [0.29, 0.717) is 18.2 Å². The minimum atomic E-state index is 0.366. The first-order chi connectivity index (χ1) is 7.68. The van der Waals surface area contributed by atoms with E-state index < -0.39 is 0 Å². The van der Waals surface area contributed by atoms with Crippen molar-refractivity contribution in [3.63, 3.8) is 0 Å². The molecular formula is C14H19NO. The van der Waals surface area contributed by atoms with Crippen molar-refractivity contribution in [2.45, 2.75) is 32.6 Å². The molecule has 1 saturated heterocycles. The lowest BCUT2D eigenvalue weighted by Gasteiger charge is -2.30. The second-order valence-corrected chi connectivity index (χ2v) is 4.78. The molecule has 1 aromatic carbocycles. The Balaban J connectivity index is 2.28. The van der Waals surface area contributed by atoms with Crippen molar-refractivity contribution in [2.75, 3.05) is 18.0 Å². The molecule has 1 aromatic rings. The van der Waals surface area contributed by atoms with Gasteiger partial charge in [0, 0.05) is 18.7 Å². The van der Waals surface area contributed by atoms with Crippen molar-refractivity contribution >= 4 is 11.5 Å². The van der Waals surface area contributed by atoms with Gasteiger partial charge in [-0.3, -0.25) is 4.79 Å². The highest BCUT2D eigenvalue weighted by Crippen LogP contribution is 2.28. The zero-order valence-corrected chi connectivity index (χ0v) is 10.1. The van der Waals surface area contributed by atoms with Crippen LogP contribution in [0.2, 0.25) is 0 Å². The highest BCUT2D eigenvalue weighted by Gasteiger charge is 2.19. The molecule has 1 aliphatic heterocycles. The van der Waals surface area contributed by atoms with Gasteiger partial charge in [-0.2, -0.15) is 0 Å². The van der Waals surface area contributed by atoms with Crippen molar-refractivity contribution in [1.29, 1.82) is 0 Å². The van der Waals surface area contributed by atoms with E-state index in [-0.39, 0.29) is 0 Å². The molecule has 2 nitrogen and oxygen atoms in total. The fraction of sp³-hybridized carbons (Fsp3) is 0.500. The molecule has 1 heterocycles. The Morgan fingerprint density at radius 2 is 2.00 bits per heavy atom. The lowest BCUT2D eigenvalue weighted by Crippen LogP contribution is -2.36. The van der Waals surface area contributed by atoms with Crippen LogP contribution in [0.1, 0.15) is 38.2 Å². The van der Waals surface area contributed by atoms with Gasteiger partial charge in [-0.1, -0.05) is 32.0 Å². The van der Waals surface area contributed by atoms with Gasteiger partial charge in [0.25, 0.3) is 0 Å². The normalized spacial score (nSPS) is 16.9. The molecule has 16 heavy (non-hydrogen) atoms. The van der Waals surface area contributed by atoms with Gasteiger partial charge >= 0.3 is 0 Å². The molecule has 0 radical (unpaired) electrons. The Bertz CT molecular complexity index is 384. The van der Waals surface area contributed by atoms with Crippen molar-refractivity contribution in [2.24, 2.45) is 0 Å². The van der Waals surface area contributed by atoms with E-state index in [0.717, 1.165) is 19.4 Å². The molecule has 0 aliphatic carbocycles. The van der Waals surface area contributed by atoms with Crippen LogP contribution in [0.4, 0.5) is 5.69 Å². The van der Waals surface area contributed by atoms with E-state index in [1.54, 1.807) is 0 Å². The van der Waals surface area contributed by atoms with Crippen LogP contribution in [0, 0.1) is 0 Å². The van der Waals surface area contributed by atoms with Crippen molar-refractivity contribution in [3.05, 3.63) is 29.8 Å². The SMILES string of the molecule is CC(C)c1ccccc1N1CCCC(=O)C1. The summed E-state index contributed by atoms with van der Waals surface area (Å²) in [6.45, 7) is 5.99. The topological polar surface area (TPSA) is 20.3 Å². The largest absolute Gasteiger partial charge is 0.364 e. The van der Waals surface area contributed by atoms with E-state index in [1.807, 2.05) is 0 Å². The standard InChI is InChI=1S/C14H19NO/c1-11(2)13-7-3-4-8-14(13)15-9-5-6-12(16)10-15/h3-4,7-8,11H,5-6,9-10H2,1-2H3. The highest BCUT2D eigenvalue weighted by molar-refractivity contribution is 5.85. The summed E-state index contributed by atoms with van der Waals surface area (Å²) in [5.74, 6) is 0.873. The van der Waals surface area contributed by atoms with Crippen LogP contribution in [-0.2, 0) is 4.79 Å². The summed E-state index contributed by atoms with van der Waals surface area (Å²) in [7, 11) is 0. The monoisotopic (exact) mass is 217 g/mol. The predicted octanol–water partition coefficient (Wildman–Crippen LogP) is 2.98. The number of ketones is 1. The summed E-state index contributed by atoms with van der Waals surface area (Å²) in [5, 5.41) is 0. The van der Waals surface area contributed by atoms with Crippen LogP contribution < -0.4 is 4.90 Å².